The van der Waals surface area contributed by atoms with Gasteiger partial charge in [-0.1, -0.05) is 13.8 Å². The highest BCUT2D eigenvalue weighted by Gasteiger charge is 2.05. The third kappa shape index (κ3) is 8.31. The van der Waals surface area contributed by atoms with Crippen LogP contribution in [0.25, 0.3) is 0 Å². The predicted molar refractivity (Wildman–Crippen MR) is 53.8 cm³/mol. The zero-order valence-corrected chi connectivity index (χ0v) is 9.03. The number of nitrogens with one attached hydrogen (secondary N) is 1. The van der Waals surface area contributed by atoms with Crippen molar-refractivity contribution >= 4 is 11.6 Å². The zero-order valence-electron chi connectivity index (χ0n) is 8.27. The van der Waals surface area contributed by atoms with Gasteiger partial charge in [0.25, 0.3) is 0 Å². The Morgan fingerprint density at radius 1 is 1.42 bits per heavy atom. The molecule has 0 aromatic heterocycles. The van der Waals surface area contributed by atoms with Crippen LogP contribution in [-0.2, 0) is 4.74 Å². The van der Waals surface area contributed by atoms with Gasteiger partial charge in [-0.2, -0.15) is 0 Å². The lowest BCUT2D eigenvalue weighted by Gasteiger charge is -2.12. The maximum absolute atomic E-state index is 6.05. The third-order valence-corrected chi connectivity index (χ3v) is 1.91. The topological polar surface area (TPSA) is 21.3 Å². The summed E-state index contributed by atoms with van der Waals surface area (Å²) in [6.45, 7) is 6.89. The number of methoxy groups -OCH3 is 1. The molecule has 0 aliphatic carbocycles. The van der Waals surface area contributed by atoms with Gasteiger partial charge in [-0.25, -0.2) is 0 Å². The summed E-state index contributed by atoms with van der Waals surface area (Å²) >= 11 is 6.05. The second-order valence-corrected chi connectivity index (χ2v) is 4.04. The van der Waals surface area contributed by atoms with Crippen LogP contribution in [-0.4, -0.2) is 32.2 Å². The van der Waals surface area contributed by atoms with Gasteiger partial charge >= 0.3 is 0 Å². The van der Waals surface area contributed by atoms with Crippen LogP contribution in [0.1, 0.15) is 20.3 Å². The van der Waals surface area contributed by atoms with Crippen molar-refractivity contribution in [3.63, 3.8) is 0 Å². The first-order valence-corrected chi connectivity index (χ1v) is 4.94. The van der Waals surface area contributed by atoms with Crippen LogP contribution in [0.15, 0.2) is 0 Å². The van der Waals surface area contributed by atoms with Crippen molar-refractivity contribution in [2.45, 2.75) is 25.6 Å². The van der Waals surface area contributed by atoms with Gasteiger partial charge in [0.1, 0.15) is 0 Å². The van der Waals surface area contributed by atoms with E-state index in [0.29, 0.717) is 5.92 Å². The van der Waals surface area contributed by atoms with E-state index in [0.717, 1.165) is 26.1 Å². The Bertz CT molecular complexity index is 98.5. The molecule has 0 spiro atoms. The minimum Gasteiger partial charge on any atom is -0.383 e. The molecule has 0 bridgehead atoms. The summed E-state index contributed by atoms with van der Waals surface area (Å²) in [7, 11) is 1.70. The third-order valence-electron chi connectivity index (χ3n) is 1.58. The van der Waals surface area contributed by atoms with Crippen LogP contribution >= 0.6 is 11.6 Å². The summed E-state index contributed by atoms with van der Waals surface area (Å²) in [6, 6.07) is 0. The first-order valence-electron chi connectivity index (χ1n) is 4.50. The van der Waals surface area contributed by atoms with E-state index in [1.54, 1.807) is 7.11 Å². The van der Waals surface area contributed by atoms with Crippen LogP contribution in [0.4, 0.5) is 0 Å². The molecule has 0 aliphatic rings. The lowest BCUT2D eigenvalue weighted by Crippen LogP contribution is -2.27. The molecule has 1 N–H and O–H groups in total. The quantitative estimate of drug-likeness (QED) is 0.493. The minimum absolute atomic E-state index is 0.252. The van der Waals surface area contributed by atoms with Crippen molar-refractivity contribution in [2.24, 2.45) is 5.92 Å². The summed E-state index contributed by atoms with van der Waals surface area (Å²) in [6.07, 6.45) is 1.07. The smallest absolute Gasteiger partial charge is 0.0587 e. The Morgan fingerprint density at radius 3 is 2.58 bits per heavy atom. The van der Waals surface area contributed by atoms with Crippen LogP contribution < -0.4 is 5.32 Å². The van der Waals surface area contributed by atoms with Gasteiger partial charge in [0.05, 0.1) is 6.61 Å². The Kier molecular flexibility index (Phi) is 7.98. The molecule has 3 heteroatoms. The fourth-order valence-electron chi connectivity index (χ4n) is 1.03. The first kappa shape index (κ1) is 12.2. The highest BCUT2D eigenvalue weighted by Crippen LogP contribution is 2.08. The van der Waals surface area contributed by atoms with Crippen LogP contribution in [0.2, 0.25) is 0 Å². The molecular weight excluding hydrogens is 174 g/mol. The fraction of sp³-hybridized carbons (Fsp3) is 1.00. The second kappa shape index (κ2) is 7.84. The zero-order chi connectivity index (χ0) is 9.40. The van der Waals surface area contributed by atoms with Gasteiger partial charge in [0.15, 0.2) is 0 Å². The lowest BCUT2D eigenvalue weighted by molar-refractivity contribution is 0.199. The largest absolute Gasteiger partial charge is 0.383 e. The molecule has 0 amide bonds. The maximum Gasteiger partial charge on any atom is 0.0587 e. The Labute approximate surface area is 80.6 Å². The number of hydrogen-bond donors (Lipinski definition) is 1. The monoisotopic (exact) mass is 193 g/mol. The van der Waals surface area contributed by atoms with Gasteiger partial charge in [-0.05, 0) is 12.3 Å². The number of ether oxygens (including phenoxy) is 1. The molecule has 12 heavy (non-hydrogen) atoms. The Morgan fingerprint density at radius 2 is 2.08 bits per heavy atom. The number of hydrogen-bond acceptors (Lipinski definition) is 2. The van der Waals surface area contributed by atoms with Gasteiger partial charge in [-0.15, -0.1) is 11.6 Å². The van der Waals surface area contributed by atoms with Crippen molar-refractivity contribution in [3.05, 3.63) is 0 Å². The van der Waals surface area contributed by atoms with Crippen molar-refractivity contribution in [3.8, 4) is 0 Å². The van der Waals surface area contributed by atoms with Crippen LogP contribution in [0.5, 0.6) is 0 Å². The van der Waals surface area contributed by atoms with Crippen molar-refractivity contribution < 1.29 is 4.74 Å². The van der Waals surface area contributed by atoms with Gasteiger partial charge in [0.2, 0.25) is 0 Å². The molecule has 0 radical (unpaired) electrons. The summed E-state index contributed by atoms with van der Waals surface area (Å²) in [5.74, 6) is 0.678. The minimum atomic E-state index is 0.252. The predicted octanol–water partition coefficient (Wildman–Crippen LogP) is 1.88. The molecule has 0 fully saturated rings. The van der Waals surface area contributed by atoms with E-state index >= 15 is 0 Å². The van der Waals surface area contributed by atoms with E-state index in [4.69, 9.17) is 16.3 Å². The SMILES string of the molecule is COCCNCC(Cl)CC(C)C. The molecular formula is C9H20ClNO. The average molecular weight is 194 g/mol. The molecule has 0 aromatic carbocycles. The van der Waals surface area contributed by atoms with Crippen molar-refractivity contribution in [1.29, 1.82) is 0 Å². The molecule has 1 unspecified atom stereocenters. The van der Waals surface area contributed by atoms with E-state index in [-0.39, 0.29) is 5.38 Å². The molecule has 0 aliphatic heterocycles. The van der Waals surface area contributed by atoms with Crippen LogP contribution in [0, 0.1) is 5.92 Å². The number of rotatable bonds is 7. The maximum atomic E-state index is 6.05. The van der Waals surface area contributed by atoms with Gasteiger partial charge < -0.3 is 10.1 Å². The fourth-order valence-corrected chi connectivity index (χ4v) is 1.49. The summed E-state index contributed by atoms with van der Waals surface area (Å²) in [5.41, 5.74) is 0. The van der Waals surface area contributed by atoms with Crippen LogP contribution in [0.3, 0.4) is 0 Å². The normalized spacial score (nSPS) is 13.8. The molecule has 74 valence electrons. The van der Waals surface area contributed by atoms with Crippen molar-refractivity contribution in [1.82, 2.24) is 5.32 Å². The van der Waals surface area contributed by atoms with E-state index in [1.165, 1.54) is 0 Å². The standard InChI is InChI=1S/C9H20ClNO/c1-8(2)6-9(10)7-11-4-5-12-3/h8-9,11H,4-7H2,1-3H3. The van der Waals surface area contributed by atoms with Gasteiger partial charge in [-0.3, -0.25) is 0 Å². The highest BCUT2D eigenvalue weighted by molar-refractivity contribution is 6.20. The number of halogens is 1. The molecule has 0 rings (SSSR count). The Balaban J connectivity index is 3.14. The molecule has 0 saturated heterocycles. The van der Waals surface area contributed by atoms with Gasteiger partial charge in [0, 0.05) is 25.6 Å². The first-order chi connectivity index (χ1) is 5.66. The molecule has 1 atom stereocenters. The summed E-state index contributed by atoms with van der Waals surface area (Å²) < 4.78 is 4.90. The molecule has 0 heterocycles. The Hall–Kier alpha value is 0.210. The lowest BCUT2D eigenvalue weighted by atomic mass is 10.1. The second-order valence-electron chi connectivity index (χ2n) is 3.42. The van der Waals surface area contributed by atoms with E-state index < -0.39 is 0 Å². The molecule has 2 nitrogen and oxygen atoms in total. The molecule has 0 saturated carbocycles. The van der Waals surface area contributed by atoms with E-state index in [9.17, 15) is 0 Å². The van der Waals surface area contributed by atoms with E-state index in [2.05, 4.69) is 19.2 Å². The summed E-state index contributed by atoms with van der Waals surface area (Å²) in [5, 5.41) is 3.49. The van der Waals surface area contributed by atoms with Crippen molar-refractivity contribution in [2.75, 3.05) is 26.8 Å². The average Bonchev–Trinajstić information content (AvgIpc) is 1.97. The summed E-state index contributed by atoms with van der Waals surface area (Å²) in [4.78, 5) is 0. The number of alkyl halides is 1. The highest BCUT2D eigenvalue weighted by atomic mass is 35.5. The molecule has 0 aromatic rings. The van der Waals surface area contributed by atoms with E-state index in [1.807, 2.05) is 0 Å².